The Morgan fingerprint density at radius 3 is 2.73 bits per heavy atom. The van der Waals surface area contributed by atoms with E-state index < -0.39 is 0 Å². The lowest BCUT2D eigenvalue weighted by Gasteiger charge is -2.24. The van der Waals surface area contributed by atoms with E-state index >= 15 is 0 Å². The molecule has 0 amide bonds. The first-order valence-electron chi connectivity index (χ1n) is 5.69. The summed E-state index contributed by atoms with van der Waals surface area (Å²) in [7, 11) is 0. The van der Waals surface area contributed by atoms with Gasteiger partial charge in [0.1, 0.15) is 5.82 Å². The first-order chi connectivity index (χ1) is 7.26. The summed E-state index contributed by atoms with van der Waals surface area (Å²) in [5.74, 6) is 1.10. The van der Waals surface area contributed by atoms with Crippen LogP contribution in [0.4, 0.5) is 5.82 Å². The van der Waals surface area contributed by atoms with Crippen molar-refractivity contribution in [1.82, 2.24) is 4.98 Å². The lowest BCUT2D eigenvalue weighted by atomic mass is 10.2. The van der Waals surface area contributed by atoms with Gasteiger partial charge >= 0.3 is 0 Å². The van der Waals surface area contributed by atoms with Gasteiger partial charge in [-0.15, -0.1) is 0 Å². The summed E-state index contributed by atoms with van der Waals surface area (Å²) in [6.45, 7) is 5.81. The third kappa shape index (κ3) is 2.12. The molecule has 3 heteroatoms. The molecule has 82 valence electrons. The van der Waals surface area contributed by atoms with E-state index in [1.807, 2.05) is 13.0 Å². The van der Waals surface area contributed by atoms with Crippen molar-refractivity contribution in [2.24, 2.45) is 5.73 Å². The maximum absolute atomic E-state index is 5.75. The van der Waals surface area contributed by atoms with Crippen LogP contribution in [-0.2, 0) is 6.54 Å². The van der Waals surface area contributed by atoms with Crippen LogP contribution in [0.15, 0.2) is 12.1 Å². The fourth-order valence-corrected chi connectivity index (χ4v) is 1.95. The Morgan fingerprint density at radius 1 is 1.47 bits per heavy atom. The zero-order valence-electron chi connectivity index (χ0n) is 9.53. The lowest BCUT2D eigenvalue weighted by molar-refractivity contribution is 0.793. The van der Waals surface area contributed by atoms with Crippen LogP contribution in [-0.4, -0.2) is 17.6 Å². The summed E-state index contributed by atoms with van der Waals surface area (Å²) >= 11 is 0. The van der Waals surface area contributed by atoms with Crippen LogP contribution in [0.25, 0.3) is 0 Å². The van der Waals surface area contributed by atoms with Gasteiger partial charge in [-0.25, -0.2) is 4.98 Å². The highest BCUT2D eigenvalue weighted by atomic mass is 15.2. The first-order valence-corrected chi connectivity index (χ1v) is 5.69. The van der Waals surface area contributed by atoms with Crippen molar-refractivity contribution in [3.05, 3.63) is 23.4 Å². The maximum Gasteiger partial charge on any atom is 0.133 e. The molecular weight excluding hydrogens is 186 g/mol. The summed E-state index contributed by atoms with van der Waals surface area (Å²) in [5.41, 5.74) is 7.98. The van der Waals surface area contributed by atoms with Gasteiger partial charge in [-0.3, -0.25) is 0 Å². The number of aromatic nitrogens is 1. The van der Waals surface area contributed by atoms with Crippen molar-refractivity contribution in [2.45, 2.75) is 39.3 Å². The number of hydrogen-bond donors (Lipinski definition) is 1. The van der Waals surface area contributed by atoms with Gasteiger partial charge in [0.2, 0.25) is 0 Å². The minimum atomic E-state index is 0.575. The second-order valence-electron chi connectivity index (χ2n) is 4.16. The maximum atomic E-state index is 5.75. The van der Waals surface area contributed by atoms with Gasteiger partial charge in [0.05, 0.1) is 0 Å². The Bertz CT molecular complexity index is 345. The van der Waals surface area contributed by atoms with E-state index in [1.165, 1.54) is 12.8 Å². The second kappa shape index (κ2) is 4.19. The largest absolute Gasteiger partial charge is 0.354 e. The average Bonchev–Trinajstić information content (AvgIpc) is 3.04. The summed E-state index contributed by atoms with van der Waals surface area (Å²) in [6, 6.07) is 4.84. The third-order valence-electron chi connectivity index (χ3n) is 2.92. The van der Waals surface area contributed by atoms with Gasteiger partial charge in [0.25, 0.3) is 0 Å². The Labute approximate surface area is 91.3 Å². The van der Waals surface area contributed by atoms with Crippen molar-refractivity contribution in [3.8, 4) is 0 Å². The SMILES string of the molecule is CCN(c1nc(C)ccc1CN)C1CC1. The number of hydrogen-bond acceptors (Lipinski definition) is 3. The molecule has 0 atom stereocenters. The Morgan fingerprint density at radius 2 is 2.20 bits per heavy atom. The number of anilines is 1. The van der Waals surface area contributed by atoms with Crippen LogP contribution < -0.4 is 10.6 Å². The van der Waals surface area contributed by atoms with Crippen LogP contribution in [0.2, 0.25) is 0 Å². The van der Waals surface area contributed by atoms with Gasteiger partial charge < -0.3 is 10.6 Å². The molecule has 3 nitrogen and oxygen atoms in total. The predicted molar refractivity (Wildman–Crippen MR) is 62.9 cm³/mol. The van der Waals surface area contributed by atoms with Crippen molar-refractivity contribution in [2.75, 3.05) is 11.4 Å². The fraction of sp³-hybridized carbons (Fsp3) is 0.583. The summed E-state index contributed by atoms with van der Waals surface area (Å²) in [4.78, 5) is 7.01. The molecule has 0 bridgehead atoms. The zero-order valence-corrected chi connectivity index (χ0v) is 9.53. The van der Waals surface area contributed by atoms with E-state index in [2.05, 4.69) is 22.9 Å². The summed E-state index contributed by atoms with van der Waals surface area (Å²) in [5, 5.41) is 0. The second-order valence-corrected chi connectivity index (χ2v) is 4.16. The molecule has 0 spiro atoms. The predicted octanol–water partition coefficient (Wildman–Crippen LogP) is 1.84. The van der Waals surface area contributed by atoms with E-state index in [0.29, 0.717) is 12.6 Å². The van der Waals surface area contributed by atoms with Crippen molar-refractivity contribution < 1.29 is 0 Å². The van der Waals surface area contributed by atoms with Crippen molar-refractivity contribution in [3.63, 3.8) is 0 Å². The third-order valence-corrected chi connectivity index (χ3v) is 2.92. The van der Waals surface area contributed by atoms with Gasteiger partial charge in [-0.05, 0) is 32.8 Å². The van der Waals surface area contributed by atoms with Gasteiger partial charge in [0.15, 0.2) is 0 Å². The van der Waals surface area contributed by atoms with Crippen LogP contribution in [0.3, 0.4) is 0 Å². The molecule has 1 saturated carbocycles. The molecule has 15 heavy (non-hydrogen) atoms. The zero-order chi connectivity index (χ0) is 10.8. The minimum Gasteiger partial charge on any atom is -0.354 e. The molecule has 0 radical (unpaired) electrons. The summed E-state index contributed by atoms with van der Waals surface area (Å²) < 4.78 is 0. The number of nitrogens with zero attached hydrogens (tertiary/aromatic N) is 2. The van der Waals surface area contributed by atoms with Gasteiger partial charge in [-0.1, -0.05) is 6.07 Å². The van der Waals surface area contributed by atoms with Crippen LogP contribution in [0.1, 0.15) is 31.0 Å². The fourth-order valence-electron chi connectivity index (χ4n) is 1.95. The van der Waals surface area contributed by atoms with E-state index in [4.69, 9.17) is 5.73 Å². The number of rotatable bonds is 4. The molecule has 2 rings (SSSR count). The molecule has 1 aromatic rings. The molecular formula is C12H19N3. The highest BCUT2D eigenvalue weighted by molar-refractivity contribution is 5.49. The number of pyridine rings is 1. The number of nitrogens with two attached hydrogens (primary N) is 1. The standard InChI is InChI=1S/C12H19N3/c1-3-15(11-6-7-11)12-10(8-13)5-4-9(2)14-12/h4-5,11H,3,6-8,13H2,1-2H3. The van der Waals surface area contributed by atoms with E-state index in [1.54, 1.807) is 0 Å². The molecule has 1 aromatic heterocycles. The van der Waals surface area contributed by atoms with Crippen molar-refractivity contribution in [1.29, 1.82) is 0 Å². The van der Waals surface area contributed by atoms with Gasteiger partial charge in [0, 0.05) is 30.4 Å². The lowest BCUT2D eigenvalue weighted by Crippen LogP contribution is -2.28. The monoisotopic (exact) mass is 205 g/mol. The van der Waals surface area contributed by atoms with Gasteiger partial charge in [-0.2, -0.15) is 0 Å². The molecule has 0 unspecified atom stereocenters. The molecule has 0 saturated heterocycles. The minimum absolute atomic E-state index is 0.575. The van der Waals surface area contributed by atoms with Crippen molar-refractivity contribution >= 4 is 5.82 Å². The van der Waals surface area contributed by atoms with E-state index in [9.17, 15) is 0 Å². The highest BCUT2D eigenvalue weighted by Crippen LogP contribution is 2.32. The molecule has 1 heterocycles. The highest BCUT2D eigenvalue weighted by Gasteiger charge is 2.29. The summed E-state index contributed by atoms with van der Waals surface area (Å²) in [6.07, 6.45) is 2.60. The molecule has 1 fully saturated rings. The molecule has 0 aromatic carbocycles. The average molecular weight is 205 g/mol. The number of aryl methyl sites for hydroxylation is 1. The van der Waals surface area contributed by atoms with Crippen LogP contribution >= 0.6 is 0 Å². The molecule has 2 N–H and O–H groups in total. The van der Waals surface area contributed by atoms with Crippen LogP contribution in [0, 0.1) is 6.92 Å². The first kappa shape index (κ1) is 10.4. The Kier molecular flexibility index (Phi) is 2.91. The van der Waals surface area contributed by atoms with E-state index in [-0.39, 0.29) is 0 Å². The quantitative estimate of drug-likeness (QED) is 0.815. The van der Waals surface area contributed by atoms with E-state index in [0.717, 1.165) is 23.6 Å². The smallest absolute Gasteiger partial charge is 0.133 e. The Hall–Kier alpha value is -1.09. The molecule has 0 aliphatic heterocycles. The molecule has 1 aliphatic rings. The normalized spacial score (nSPS) is 15.4. The topological polar surface area (TPSA) is 42.2 Å². The van der Waals surface area contributed by atoms with Crippen LogP contribution in [0.5, 0.6) is 0 Å². The molecule has 1 aliphatic carbocycles. The Balaban J connectivity index is 2.34.